The minimum absolute atomic E-state index is 0.126. The van der Waals surface area contributed by atoms with Crippen LogP contribution < -0.4 is 14.2 Å². The molecule has 0 radical (unpaired) electrons. The summed E-state index contributed by atoms with van der Waals surface area (Å²) in [7, 11) is -3.77. The fourth-order valence-electron chi connectivity index (χ4n) is 3.30. The number of nitrogens with zero attached hydrogens (tertiary/aromatic N) is 1. The molecule has 4 aromatic rings. The summed E-state index contributed by atoms with van der Waals surface area (Å²) in [4.78, 5) is 4.80. The molecule has 6 nitrogen and oxygen atoms in total. The fourth-order valence-corrected chi connectivity index (χ4v) is 5.41. The molecule has 3 aromatic carbocycles. The van der Waals surface area contributed by atoms with Crippen molar-refractivity contribution in [3.05, 3.63) is 66.2 Å². The normalized spacial score (nSPS) is 13.4. The number of benzene rings is 3. The highest BCUT2D eigenvalue weighted by atomic mass is 32.2. The van der Waals surface area contributed by atoms with Crippen molar-refractivity contribution in [1.29, 1.82) is 0 Å². The Balaban J connectivity index is 1.43. The third-order valence-corrected chi connectivity index (χ3v) is 7.28. The van der Waals surface area contributed by atoms with Crippen LogP contribution in [0.15, 0.2) is 65.6 Å². The molecule has 0 aliphatic carbocycles. The maximum Gasteiger partial charge on any atom is 0.262 e. The molecule has 8 heteroatoms. The second-order valence-corrected chi connectivity index (χ2v) is 9.64. The molecule has 1 aliphatic rings. The third-order valence-electron chi connectivity index (χ3n) is 4.84. The molecule has 30 heavy (non-hydrogen) atoms. The van der Waals surface area contributed by atoms with Crippen LogP contribution in [0.5, 0.6) is 11.5 Å². The molecule has 152 valence electrons. The number of aryl methyl sites for hydroxylation is 1. The van der Waals surface area contributed by atoms with Crippen molar-refractivity contribution in [2.45, 2.75) is 11.8 Å². The number of hydrogen-bond donors (Lipinski definition) is 1. The van der Waals surface area contributed by atoms with Crippen LogP contribution >= 0.6 is 11.3 Å². The molecule has 0 atom stereocenters. The van der Waals surface area contributed by atoms with Gasteiger partial charge in [0.25, 0.3) is 10.0 Å². The molecule has 2 heterocycles. The Hall–Kier alpha value is -3.10. The van der Waals surface area contributed by atoms with Gasteiger partial charge in [-0.2, -0.15) is 0 Å². The highest BCUT2D eigenvalue weighted by Gasteiger charge is 2.20. The summed E-state index contributed by atoms with van der Waals surface area (Å²) in [5.74, 6) is 0.989. The van der Waals surface area contributed by atoms with Crippen LogP contribution in [0.2, 0.25) is 0 Å². The quantitative estimate of drug-likeness (QED) is 0.493. The van der Waals surface area contributed by atoms with Crippen molar-refractivity contribution in [1.82, 2.24) is 4.98 Å². The second kappa shape index (κ2) is 7.30. The summed E-state index contributed by atoms with van der Waals surface area (Å²) in [6.45, 7) is 2.73. The van der Waals surface area contributed by atoms with Gasteiger partial charge in [0.15, 0.2) is 11.5 Å². The highest BCUT2D eigenvalue weighted by molar-refractivity contribution is 7.92. The average molecular weight is 439 g/mol. The first-order valence-corrected chi connectivity index (χ1v) is 11.7. The van der Waals surface area contributed by atoms with Gasteiger partial charge in [0.2, 0.25) is 0 Å². The number of sulfonamides is 1. The number of nitrogens with one attached hydrogen (secondary N) is 1. The van der Waals surface area contributed by atoms with Gasteiger partial charge in [0.1, 0.15) is 18.2 Å². The predicted octanol–water partition coefficient (Wildman–Crippen LogP) is 4.84. The van der Waals surface area contributed by atoms with Crippen molar-refractivity contribution in [2.75, 3.05) is 17.9 Å². The summed E-state index contributed by atoms with van der Waals surface area (Å²) in [6.07, 6.45) is 0. The van der Waals surface area contributed by atoms with Crippen molar-refractivity contribution < 1.29 is 17.9 Å². The van der Waals surface area contributed by atoms with Crippen LogP contribution in [-0.4, -0.2) is 26.6 Å². The van der Waals surface area contributed by atoms with Gasteiger partial charge < -0.3 is 9.47 Å². The van der Waals surface area contributed by atoms with Gasteiger partial charge in [-0.25, -0.2) is 13.4 Å². The lowest BCUT2D eigenvalue weighted by Gasteiger charge is -2.19. The monoisotopic (exact) mass is 438 g/mol. The van der Waals surface area contributed by atoms with Crippen LogP contribution in [0.25, 0.3) is 20.8 Å². The number of rotatable bonds is 4. The maximum absolute atomic E-state index is 12.9. The van der Waals surface area contributed by atoms with E-state index in [0.717, 1.165) is 26.4 Å². The Morgan fingerprint density at radius 2 is 1.77 bits per heavy atom. The molecule has 0 saturated heterocycles. The van der Waals surface area contributed by atoms with Gasteiger partial charge in [-0.1, -0.05) is 12.1 Å². The maximum atomic E-state index is 12.9. The smallest absolute Gasteiger partial charge is 0.262 e. The van der Waals surface area contributed by atoms with Gasteiger partial charge in [0, 0.05) is 11.6 Å². The lowest BCUT2D eigenvalue weighted by Crippen LogP contribution is -2.17. The average Bonchev–Trinajstić information content (AvgIpc) is 3.19. The minimum Gasteiger partial charge on any atom is -0.486 e. The van der Waals surface area contributed by atoms with E-state index in [0.29, 0.717) is 30.4 Å². The topological polar surface area (TPSA) is 77.5 Å². The van der Waals surface area contributed by atoms with Crippen molar-refractivity contribution in [3.63, 3.8) is 0 Å². The largest absolute Gasteiger partial charge is 0.486 e. The van der Waals surface area contributed by atoms with Crippen LogP contribution in [-0.2, 0) is 10.0 Å². The Bertz CT molecular complexity index is 1330. The molecule has 1 aliphatic heterocycles. The molecular formula is C22H18N2O4S2. The van der Waals surface area contributed by atoms with E-state index in [2.05, 4.69) is 9.71 Å². The number of para-hydroxylation sites is 1. The van der Waals surface area contributed by atoms with Crippen LogP contribution in [0.3, 0.4) is 0 Å². The summed E-state index contributed by atoms with van der Waals surface area (Å²) >= 11 is 1.61. The summed E-state index contributed by atoms with van der Waals surface area (Å²) in [5, 5.41) is 0.903. The highest BCUT2D eigenvalue weighted by Crippen LogP contribution is 2.34. The zero-order chi connectivity index (χ0) is 20.7. The van der Waals surface area contributed by atoms with Crippen LogP contribution in [0.4, 0.5) is 5.69 Å². The van der Waals surface area contributed by atoms with E-state index in [4.69, 9.17) is 9.47 Å². The molecular weight excluding hydrogens is 420 g/mol. The van der Waals surface area contributed by atoms with E-state index in [9.17, 15) is 8.42 Å². The lowest BCUT2D eigenvalue weighted by molar-refractivity contribution is 0.171. The predicted molar refractivity (Wildman–Crippen MR) is 118 cm³/mol. The van der Waals surface area contributed by atoms with Crippen LogP contribution in [0.1, 0.15) is 5.56 Å². The molecule has 1 aromatic heterocycles. The zero-order valence-corrected chi connectivity index (χ0v) is 17.7. The van der Waals surface area contributed by atoms with E-state index in [1.807, 2.05) is 43.3 Å². The summed E-state index contributed by atoms with van der Waals surface area (Å²) in [6, 6.07) is 18.2. The fraction of sp³-hybridized carbons (Fsp3) is 0.136. The number of ether oxygens (including phenoxy) is 2. The van der Waals surface area contributed by atoms with Crippen LogP contribution in [0, 0.1) is 6.92 Å². The lowest BCUT2D eigenvalue weighted by atomic mass is 10.1. The Labute approximate surface area is 178 Å². The number of thiazole rings is 1. The Kier molecular flexibility index (Phi) is 4.60. The van der Waals surface area contributed by atoms with Gasteiger partial charge in [0.05, 0.1) is 20.8 Å². The van der Waals surface area contributed by atoms with E-state index < -0.39 is 10.0 Å². The van der Waals surface area contributed by atoms with E-state index in [-0.39, 0.29) is 4.90 Å². The number of anilines is 1. The van der Waals surface area contributed by atoms with Gasteiger partial charge in [-0.05, 0) is 55.0 Å². The second-order valence-electron chi connectivity index (χ2n) is 6.93. The zero-order valence-electron chi connectivity index (χ0n) is 16.1. The molecule has 1 N–H and O–H groups in total. The summed E-state index contributed by atoms with van der Waals surface area (Å²) < 4.78 is 40.5. The number of fused-ring (bicyclic) bond motifs is 2. The van der Waals surface area contributed by atoms with Crippen molar-refractivity contribution in [3.8, 4) is 22.1 Å². The van der Waals surface area contributed by atoms with Gasteiger partial charge in [-0.15, -0.1) is 11.3 Å². The molecule has 0 bridgehead atoms. The third kappa shape index (κ3) is 3.48. The molecule has 0 amide bonds. The molecule has 5 rings (SSSR count). The SMILES string of the molecule is Cc1cc(-c2nc3ccccc3s2)ccc1NS(=O)(=O)c1ccc2c(c1)OCCO2. The van der Waals surface area contributed by atoms with E-state index in [1.54, 1.807) is 23.5 Å². The Morgan fingerprint density at radius 1 is 0.967 bits per heavy atom. The van der Waals surface area contributed by atoms with Gasteiger partial charge in [-0.3, -0.25) is 4.72 Å². The van der Waals surface area contributed by atoms with Crippen molar-refractivity contribution in [2.24, 2.45) is 0 Å². The summed E-state index contributed by atoms with van der Waals surface area (Å²) in [5.41, 5.74) is 3.25. The molecule has 0 saturated carbocycles. The van der Waals surface area contributed by atoms with Gasteiger partial charge >= 0.3 is 0 Å². The number of hydrogen-bond acceptors (Lipinski definition) is 6. The minimum atomic E-state index is -3.77. The Morgan fingerprint density at radius 3 is 2.57 bits per heavy atom. The molecule has 0 spiro atoms. The van der Waals surface area contributed by atoms with E-state index in [1.165, 1.54) is 12.1 Å². The number of aromatic nitrogens is 1. The van der Waals surface area contributed by atoms with Crippen molar-refractivity contribution >= 4 is 37.3 Å². The molecule has 0 fully saturated rings. The van der Waals surface area contributed by atoms with E-state index >= 15 is 0 Å². The first kappa shape index (κ1) is 18.9. The first-order chi connectivity index (χ1) is 14.5. The molecule has 0 unspecified atom stereocenters. The standard InChI is InChI=1S/C22H18N2O4S2/c1-14-12-15(22-23-18-4-2-3-5-21(18)29-22)6-8-17(14)24-30(25,26)16-7-9-19-20(13-16)28-11-10-27-19/h2-9,12-13,24H,10-11H2,1H3. The first-order valence-electron chi connectivity index (χ1n) is 9.39.